The maximum absolute atomic E-state index is 11.2. The van der Waals surface area contributed by atoms with E-state index < -0.39 is 0 Å². The van der Waals surface area contributed by atoms with Crippen LogP contribution in [-0.4, -0.2) is 15.9 Å². The highest BCUT2D eigenvalue weighted by atomic mass is 35.5. The third kappa shape index (κ3) is 4.84. The van der Waals surface area contributed by atoms with Crippen LogP contribution >= 0.6 is 23.2 Å². The SMILES string of the molecule is CC(=O)Nc1cccc(Nc2nccc(Nc3cc(Cl)ccc3Cl)n2)c1. The summed E-state index contributed by atoms with van der Waals surface area (Å²) in [6.45, 7) is 1.46. The lowest BCUT2D eigenvalue weighted by Gasteiger charge is -2.10. The van der Waals surface area contributed by atoms with Gasteiger partial charge in [0.15, 0.2) is 0 Å². The Morgan fingerprint density at radius 3 is 2.62 bits per heavy atom. The van der Waals surface area contributed by atoms with Gasteiger partial charge in [0.25, 0.3) is 0 Å². The summed E-state index contributed by atoms with van der Waals surface area (Å²) in [4.78, 5) is 19.8. The molecule has 0 bridgehead atoms. The number of hydrogen-bond acceptors (Lipinski definition) is 5. The van der Waals surface area contributed by atoms with Crippen molar-refractivity contribution in [3.63, 3.8) is 0 Å². The van der Waals surface area contributed by atoms with E-state index in [1.807, 2.05) is 12.1 Å². The number of benzene rings is 2. The first-order valence-corrected chi connectivity index (χ1v) is 8.45. The smallest absolute Gasteiger partial charge is 0.229 e. The predicted octanol–water partition coefficient (Wildman–Crippen LogP) is 5.23. The van der Waals surface area contributed by atoms with Crippen LogP contribution in [0.2, 0.25) is 10.0 Å². The molecule has 0 radical (unpaired) electrons. The first-order valence-electron chi connectivity index (χ1n) is 7.69. The van der Waals surface area contributed by atoms with Crippen molar-refractivity contribution in [1.82, 2.24) is 9.97 Å². The number of carbonyl (C=O) groups is 1. The van der Waals surface area contributed by atoms with Gasteiger partial charge in [-0.3, -0.25) is 4.79 Å². The Morgan fingerprint density at radius 1 is 1.00 bits per heavy atom. The highest BCUT2D eigenvalue weighted by molar-refractivity contribution is 6.35. The van der Waals surface area contributed by atoms with E-state index >= 15 is 0 Å². The van der Waals surface area contributed by atoms with Gasteiger partial charge in [-0.05, 0) is 42.5 Å². The van der Waals surface area contributed by atoms with Crippen LogP contribution in [0.3, 0.4) is 0 Å². The molecule has 8 heteroatoms. The largest absolute Gasteiger partial charge is 0.339 e. The van der Waals surface area contributed by atoms with Gasteiger partial charge < -0.3 is 16.0 Å². The van der Waals surface area contributed by atoms with Crippen molar-refractivity contribution < 1.29 is 4.79 Å². The number of carbonyl (C=O) groups excluding carboxylic acids is 1. The van der Waals surface area contributed by atoms with Gasteiger partial charge in [0.1, 0.15) is 5.82 Å². The quantitative estimate of drug-likeness (QED) is 0.558. The molecule has 3 N–H and O–H groups in total. The van der Waals surface area contributed by atoms with E-state index in [2.05, 4.69) is 25.9 Å². The highest BCUT2D eigenvalue weighted by Crippen LogP contribution is 2.28. The molecule has 1 amide bonds. The zero-order valence-corrected chi connectivity index (χ0v) is 15.3. The number of rotatable bonds is 5. The Labute approximate surface area is 160 Å². The number of hydrogen-bond donors (Lipinski definition) is 3. The molecule has 6 nitrogen and oxygen atoms in total. The highest BCUT2D eigenvalue weighted by Gasteiger charge is 2.05. The molecular formula is C18H15Cl2N5O. The van der Waals surface area contributed by atoms with Crippen LogP contribution in [0.1, 0.15) is 6.92 Å². The molecule has 0 unspecified atom stereocenters. The Hall–Kier alpha value is -2.83. The summed E-state index contributed by atoms with van der Waals surface area (Å²) in [5.41, 5.74) is 2.08. The van der Waals surface area contributed by atoms with Gasteiger partial charge in [0.2, 0.25) is 11.9 Å². The maximum atomic E-state index is 11.2. The minimum Gasteiger partial charge on any atom is -0.339 e. The molecule has 26 heavy (non-hydrogen) atoms. The van der Waals surface area contributed by atoms with E-state index in [1.54, 1.807) is 42.6 Å². The fraction of sp³-hybridized carbons (Fsp3) is 0.0556. The summed E-state index contributed by atoms with van der Waals surface area (Å²) >= 11 is 12.2. The van der Waals surface area contributed by atoms with E-state index in [0.29, 0.717) is 33.2 Å². The second kappa shape index (κ2) is 8.03. The number of halogens is 2. The average molecular weight is 388 g/mol. The molecule has 1 heterocycles. The summed E-state index contributed by atoms with van der Waals surface area (Å²) in [5.74, 6) is 0.820. The number of amides is 1. The molecule has 132 valence electrons. The molecule has 0 saturated carbocycles. The third-order valence-electron chi connectivity index (χ3n) is 3.29. The van der Waals surface area contributed by atoms with Crippen molar-refractivity contribution in [2.75, 3.05) is 16.0 Å². The summed E-state index contributed by atoms with van der Waals surface area (Å²) < 4.78 is 0. The maximum Gasteiger partial charge on any atom is 0.229 e. The van der Waals surface area contributed by atoms with Crippen LogP contribution in [-0.2, 0) is 4.79 Å². The molecule has 0 saturated heterocycles. The minimum atomic E-state index is -0.136. The molecule has 0 aliphatic carbocycles. The van der Waals surface area contributed by atoms with Crippen LogP contribution in [0.25, 0.3) is 0 Å². The van der Waals surface area contributed by atoms with Crippen molar-refractivity contribution in [1.29, 1.82) is 0 Å². The van der Waals surface area contributed by atoms with Crippen LogP contribution < -0.4 is 16.0 Å². The van der Waals surface area contributed by atoms with Crippen molar-refractivity contribution in [2.24, 2.45) is 0 Å². The lowest BCUT2D eigenvalue weighted by atomic mass is 10.2. The molecule has 3 rings (SSSR count). The minimum absolute atomic E-state index is 0.136. The fourth-order valence-electron chi connectivity index (χ4n) is 2.23. The van der Waals surface area contributed by atoms with E-state index in [0.717, 1.165) is 5.69 Å². The van der Waals surface area contributed by atoms with Gasteiger partial charge in [0.05, 0.1) is 10.7 Å². The van der Waals surface area contributed by atoms with E-state index in [4.69, 9.17) is 23.2 Å². The monoisotopic (exact) mass is 387 g/mol. The summed E-state index contributed by atoms with van der Waals surface area (Å²) in [5, 5.41) is 10.0. The van der Waals surface area contributed by atoms with Crippen molar-refractivity contribution in [3.05, 3.63) is 64.8 Å². The molecular weight excluding hydrogens is 373 g/mol. The predicted molar refractivity (Wildman–Crippen MR) is 106 cm³/mol. The Bertz CT molecular complexity index is 948. The normalized spacial score (nSPS) is 10.3. The topological polar surface area (TPSA) is 78.9 Å². The first-order chi connectivity index (χ1) is 12.5. The van der Waals surface area contributed by atoms with E-state index in [1.165, 1.54) is 6.92 Å². The van der Waals surface area contributed by atoms with Gasteiger partial charge >= 0.3 is 0 Å². The molecule has 0 spiro atoms. The second-order valence-electron chi connectivity index (χ2n) is 5.40. The third-order valence-corrected chi connectivity index (χ3v) is 3.85. The van der Waals surface area contributed by atoms with Crippen LogP contribution in [0.15, 0.2) is 54.7 Å². The number of aromatic nitrogens is 2. The van der Waals surface area contributed by atoms with Crippen molar-refractivity contribution in [2.45, 2.75) is 6.92 Å². The van der Waals surface area contributed by atoms with Gasteiger partial charge in [-0.1, -0.05) is 29.3 Å². The summed E-state index contributed by atoms with van der Waals surface area (Å²) in [6.07, 6.45) is 1.62. The zero-order chi connectivity index (χ0) is 18.5. The Morgan fingerprint density at radius 2 is 1.81 bits per heavy atom. The first kappa shape index (κ1) is 18.0. The fourth-order valence-corrected chi connectivity index (χ4v) is 2.56. The molecule has 2 aromatic carbocycles. The molecule has 0 atom stereocenters. The average Bonchev–Trinajstić information content (AvgIpc) is 2.58. The molecule has 0 fully saturated rings. The van der Waals surface area contributed by atoms with Gasteiger partial charge in [-0.2, -0.15) is 4.98 Å². The second-order valence-corrected chi connectivity index (χ2v) is 6.25. The van der Waals surface area contributed by atoms with Crippen LogP contribution in [0.5, 0.6) is 0 Å². The van der Waals surface area contributed by atoms with Crippen LogP contribution in [0.4, 0.5) is 28.8 Å². The number of nitrogens with zero attached hydrogens (tertiary/aromatic N) is 2. The van der Waals surface area contributed by atoms with E-state index in [9.17, 15) is 4.79 Å². The number of anilines is 5. The van der Waals surface area contributed by atoms with Crippen molar-refractivity contribution >= 4 is 57.9 Å². The Kier molecular flexibility index (Phi) is 5.55. The van der Waals surface area contributed by atoms with Gasteiger partial charge in [-0.25, -0.2) is 4.98 Å². The lowest BCUT2D eigenvalue weighted by Crippen LogP contribution is -2.06. The number of nitrogens with one attached hydrogen (secondary N) is 3. The van der Waals surface area contributed by atoms with Crippen LogP contribution in [0, 0.1) is 0 Å². The molecule has 0 aliphatic heterocycles. The Balaban J connectivity index is 1.77. The van der Waals surface area contributed by atoms with E-state index in [-0.39, 0.29) is 5.91 Å². The molecule has 3 aromatic rings. The standard InChI is InChI=1S/C18H15Cl2N5O/c1-11(26)22-13-3-2-4-14(10-13)23-18-21-8-7-17(25-18)24-16-9-12(19)5-6-15(16)20/h2-10H,1H3,(H,22,26)(H2,21,23,24,25). The summed E-state index contributed by atoms with van der Waals surface area (Å²) in [7, 11) is 0. The van der Waals surface area contributed by atoms with Gasteiger partial charge in [-0.15, -0.1) is 0 Å². The summed E-state index contributed by atoms with van der Waals surface area (Å²) in [6, 6.07) is 14.1. The molecule has 0 aliphatic rings. The van der Waals surface area contributed by atoms with Crippen molar-refractivity contribution in [3.8, 4) is 0 Å². The van der Waals surface area contributed by atoms with Gasteiger partial charge in [0, 0.05) is 29.5 Å². The molecule has 1 aromatic heterocycles. The lowest BCUT2D eigenvalue weighted by molar-refractivity contribution is -0.114. The zero-order valence-electron chi connectivity index (χ0n) is 13.8.